The van der Waals surface area contributed by atoms with Crippen molar-refractivity contribution in [3.05, 3.63) is 23.9 Å². The van der Waals surface area contributed by atoms with Crippen molar-refractivity contribution in [1.29, 1.82) is 0 Å². The molecule has 2 unspecified atom stereocenters. The van der Waals surface area contributed by atoms with E-state index in [1.807, 2.05) is 26.1 Å². The van der Waals surface area contributed by atoms with Crippen LogP contribution in [-0.4, -0.2) is 31.9 Å². The van der Waals surface area contributed by atoms with Crippen molar-refractivity contribution in [3.8, 4) is 5.88 Å². The SMILES string of the molecule is CNC(C)c1ccnc(OC(C)COC)c1. The minimum atomic E-state index is 0.0117. The third-order valence-electron chi connectivity index (χ3n) is 2.42. The fourth-order valence-corrected chi connectivity index (χ4v) is 1.40. The lowest BCUT2D eigenvalue weighted by Crippen LogP contribution is -2.19. The summed E-state index contributed by atoms with van der Waals surface area (Å²) in [4.78, 5) is 4.17. The monoisotopic (exact) mass is 224 g/mol. The van der Waals surface area contributed by atoms with Gasteiger partial charge < -0.3 is 14.8 Å². The Bertz CT molecular complexity index is 318. The highest BCUT2D eigenvalue weighted by Gasteiger charge is 2.07. The molecule has 1 heterocycles. The Morgan fingerprint density at radius 1 is 1.44 bits per heavy atom. The fourth-order valence-electron chi connectivity index (χ4n) is 1.40. The average molecular weight is 224 g/mol. The lowest BCUT2D eigenvalue weighted by atomic mass is 10.1. The first kappa shape index (κ1) is 12.9. The summed E-state index contributed by atoms with van der Waals surface area (Å²) in [5.41, 5.74) is 1.16. The number of nitrogens with one attached hydrogen (secondary N) is 1. The lowest BCUT2D eigenvalue weighted by molar-refractivity contribution is 0.0889. The van der Waals surface area contributed by atoms with Gasteiger partial charge in [0.1, 0.15) is 6.10 Å². The molecule has 0 saturated heterocycles. The van der Waals surface area contributed by atoms with E-state index in [0.29, 0.717) is 18.5 Å². The number of methoxy groups -OCH3 is 1. The molecule has 2 atom stereocenters. The molecule has 1 rings (SSSR count). The molecule has 0 radical (unpaired) electrons. The molecule has 4 nitrogen and oxygen atoms in total. The summed E-state index contributed by atoms with van der Waals surface area (Å²) in [6.45, 7) is 4.62. The van der Waals surface area contributed by atoms with E-state index in [1.54, 1.807) is 13.3 Å². The van der Waals surface area contributed by atoms with Crippen LogP contribution in [0.1, 0.15) is 25.5 Å². The van der Waals surface area contributed by atoms with E-state index in [1.165, 1.54) is 0 Å². The second-order valence-corrected chi connectivity index (χ2v) is 3.82. The summed E-state index contributed by atoms with van der Waals surface area (Å²) in [6, 6.07) is 4.23. The molecule has 1 aromatic heterocycles. The quantitative estimate of drug-likeness (QED) is 0.800. The van der Waals surface area contributed by atoms with E-state index < -0.39 is 0 Å². The molecule has 16 heavy (non-hydrogen) atoms. The molecule has 0 aliphatic rings. The first-order chi connectivity index (χ1) is 7.67. The Hall–Kier alpha value is -1.13. The van der Waals surface area contributed by atoms with Crippen molar-refractivity contribution in [2.24, 2.45) is 0 Å². The largest absolute Gasteiger partial charge is 0.472 e. The van der Waals surface area contributed by atoms with Gasteiger partial charge in [0.2, 0.25) is 5.88 Å². The van der Waals surface area contributed by atoms with Gasteiger partial charge in [-0.2, -0.15) is 0 Å². The van der Waals surface area contributed by atoms with Crippen LogP contribution in [0, 0.1) is 0 Å². The zero-order valence-electron chi connectivity index (χ0n) is 10.4. The van der Waals surface area contributed by atoms with Gasteiger partial charge in [-0.15, -0.1) is 0 Å². The van der Waals surface area contributed by atoms with E-state index in [9.17, 15) is 0 Å². The third-order valence-corrected chi connectivity index (χ3v) is 2.42. The molecule has 0 aliphatic heterocycles. The fraction of sp³-hybridized carbons (Fsp3) is 0.583. The van der Waals surface area contributed by atoms with Gasteiger partial charge in [0.05, 0.1) is 6.61 Å². The van der Waals surface area contributed by atoms with Crippen LogP contribution in [-0.2, 0) is 4.74 Å². The Kier molecular flexibility index (Phi) is 5.22. The molecule has 0 spiro atoms. The molecule has 1 aromatic rings. The molecule has 0 fully saturated rings. The smallest absolute Gasteiger partial charge is 0.213 e. The second-order valence-electron chi connectivity index (χ2n) is 3.82. The van der Waals surface area contributed by atoms with Crippen LogP contribution in [0.4, 0.5) is 0 Å². The van der Waals surface area contributed by atoms with Crippen LogP contribution in [0.3, 0.4) is 0 Å². The number of hydrogen-bond donors (Lipinski definition) is 1. The van der Waals surface area contributed by atoms with Crippen molar-refractivity contribution in [2.75, 3.05) is 20.8 Å². The first-order valence-electron chi connectivity index (χ1n) is 5.46. The van der Waals surface area contributed by atoms with Crippen LogP contribution >= 0.6 is 0 Å². The summed E-state index contributed by atoms with van der Waals surface area (Å²) < 4.78 is 10.6. The van der Waals surface area contributed by atoms with Gasteiger partial charge in [0, 0.05) is 25.4 Å². The molecule has 90 valence electrons. The molecule has 0 saturated carbocycles. The molecule has 0 bridgehead atoms. The van der Waals surface area contributed by atoms with Crippen LogP contribution in [0.5, 0.6) is 5.88 Å². The average Bonchev–Trinajstić information content (AvgIpc) is 2.28. The van der Waals surface area contributed by atoms with Gasteiger partial charge in [0.25, 0.3) is 0 Å². The summed E-state index contributed by atoms with van der Waals surface area (Å²) >= 11 is 0. The molecule has 0 aliphatic carbocycles. The van der Waals surface area contributed by atoms with Gasteiger partial charge in [-0.05, 0) is 32.5 Å². The van der Waals surface area contributed by atoms with Crippen molar-refractivity contribution in [3.63, 3.8) is 0 Å². The van der Waals surface area contributed by atoms with Crippen molar-refractivity contribution < 1.29 is 9.47 Å². The molecule has 0 aromatic carbocycles. The molecule has 4 heteroatoms. The van der Waals surface area contributed by atoms with Gasteiger partial charge >= 0.3 is 0 Å². The minimum Gasteiger partial charge on any atom is -0.472 e. The van der Waals surface area contributed by atoms with Crippen molar-refractivity contribution in [1.82, 2.24) is 10.3 Å². The van der Waals surface area contributed by atoms with E-state index in [-0.39, 0.29) is 6.10 Å². The number of pyridine rings is 1. The summed E-state index contributed by atoms with van der Waals surface area (Å²) in [7, 11) is 3.59. The third kappa shape index (κ3) is 3.79. The van der Waals surface area contributed by atoms with Crippen LogP contribution in [0.15, 0.2) is 18.3 Å². The molecule has 1 N–H and O–H groups in total. The maximum absolute atomic E-state index is 5.63. The van der Waals surface area contributed by atoms with Gasteiger partial charge in [0.15, 0.2) is 0 Å². The minimum absolute atomic E-state index is 0.0117. The summed E-state index contributed by atoms with van der Waals surface area (Å²) in [5.74, 6) is 0.643. The maximum atomic E-state index is 5.63. The molecule has 0 amide bonds. The standard InChI is InChI=1S/C12H20N2O2/c1-9(8-15-4)16-12-7-11(5-6-14-12)10(2)13-3/h5-7,9-10,13H,8H2,1-4H3. The Balaban J connectivity index is 2.67. The van der Waals surface area contributed by atoms with E-state index in [4.69, 9.17) is 9.47 Å². The lowest BCUT2D eigenvalue weighted by Gasteiger charge is -2.15. The van der Waals surface area contributed by atoms with Gasteiger partial charge in [-0.3, -0.25) is 0 Å². The van der Waals surface area contributed by atoms with Crippen molar-refractivity contribution in [2.45, 2.75) is 26.0 Å². The van der Waals surface area contributed by atoms with Gasteiger partial charge in [-0.25, -0.2) is 4.98 Å². The number of nitrogens with zero attached hydrogens (tertiary/aromatic N) is 1. The van der Waals surface area contributed by atoms with E-state index in [0.717, 1.165) is 5.56 Å². The maximum Gasteiger partial charge on any atom is 0.213 e. The molecular weight excluding hydrogens is 204 g/mol. The molecular formula is C12H20N2O2. The number of ether oxygens (including phenoxy) is 2. The Morgan fingerprint density at radius 3 is 2.81 bits per heavy atom. The van der Waals surface area contributed by atoms with Crippen LogP contribution in [0.25, 0.3) is 0 Å². The Morgan fingerprint density at radius 2 is 2.19 bits per heavy atom. The highest BCUT2D eigenvalue weighted by Crippen LogP contribution is 2.16. The van der Waals surface area contributed by atoms with E-state index in [2.05, 4.69) is 17.2 Å². The highest BCUT2D eigenvalue weighted by molar-refractivity contribution is 5.23. The predicted molar refractivity (Wildman–Crippen MR) is 63.7 cm³/mol. The normalized spacial score (nSPS) is 14.5. The first-order valence-corrected chi connectivity index (χ1v) is 5.46. The second kappa shape index (κ2) is 6.45. The zero-order chi connectivity index (χ0) is 12.0. The summed E-state index contributed by atoms with van der Waals surface area (Å²) in [6.07, 6.45) is 1.77. The number of aromatic nitrogens is 1. The van der Waals surface area contributed by atoms with Crippen molar-refractivity contribution >= 4 is 0 Å². The number of rotatable bonds is 6. The zero-order valence-corrected chi connectivity index (χ0v) is 10.4. The summed E-state index contributed by atoms with van der Waals surface area (Å²) in [5, 5.41) is 3.18. The Labute approximate surface area is 97.0 Å². The van der Waals surface area contributed by atoms with Crippen LogP contribution in [0.2, 0.25) is 0 Å². The topological polar surface area (TPSA) is 43.4 Å². The van der Waals surface area contributed by atoms with E-state index >= 15 is 0 Å². The van der Waals surface area contributed by atoms with Crippen LogP contribution < -0.4 is 10.1 Å². The van der Waals surface area contributed by atoms with Gasteiger partial charge in [-0.1, -0.05) is 0 Å². The highest BCUT2D eigenvalue weighted by atomic mass is 16.5. The predicted octanol–water partition coefficient (Wildman–Crippen LogP) is 1.78. The number of hydrogen-bond acceptors (Lipinski definition) is 4.